The molecular formula is C95H124F4N14O20. The maximum Gasteiger partial charge on any atom is 0.411 e. The van der Waals surface area contributed by atoms with E-state index in [0.717, 1.165) is 41.6 Å². The van der Waals surface area contributed by atoms with Gasteiger partial charge in [-0.3, -0.25) is 58.3 Å². The third kappa shape index (κ3) is 23.4. The van der Waals surface area contributed by atoms with Crippen LogP contribution in [0, 0.1) is 34.6 Å². The number of methoxy groups -OCH3 is 2. The Morgan fingerprint density at radius 1 is 0.414 bits per heavy atom. The summed E-state index contributed by atoms with van der Waals surface area (Å²) in [7, 11) is 2.55. The number of likely N-dealkylation sites (tertiary alicyclic amines) is 12. The molecule has 13 saturated heterocycles. The van der Waals surface area contributed by atoms with Crippen LogP contribution in [0.25, 0.3) is 0 Å². The van der Waals surface area contributed by atoms with Crippen LogP contribution < -0.4 is 5.32 Å². The van der Waals surface area contributed by atoms with Crippen molar-refractivity contribution in [3.63, 3.8) is 0 Å². The summed E-state index contributed by atoms with van der Waals surface area (Å²) < 4.78 is 84.9. The molecule has 4 aromatic carbocycles. The highest BCUT2D eigenvalue weighted by Gasteiger charge is 2.59. The quantitative estimate of drug-likeness (QED) is 0.0573. The number of rotatable bonds is 15. The molecule has 13 aliphatic rings. The van der Waals surface area contributed by atoms with Crippen LogP contribution in [0.1, 0.15) is 170 Å². The van der Waals surface area contributed by atoms with E-state index in [1.54, 1.807) is 123 Å². The standard InChI is InChI=1S/C27H34FN5O4.C23H30FN3O5.C22H28FN3O5.C12H13FN2O.C11H19NO5/c1-27(2,3)37-26(36)33-16-20(11-23(33)24(34)30-9-5-8-19(30)13-29)31-15-21-12-22(31)25(35)32(21)14-17-6-4-7-18(28)10-17;1-23(2,3)32-22(30)27-13-16(10-19(27)21(29)31-4)25-12-17-9-18(25)20(28)26(17)11-14-6-5-7-15(24)8-14;1-22(2,3)31-21(30)26-12-15(9-18(26)20(28)29)24-11-16-8-17(24)19(27)25(16)10-13-5-4-6-14(23)7-13;13-9-3-1-2-8(4-9)7-15-10-5-11(12(15)16)14-6-10;1-11(2,3)17-10(15)12-6-7(13)5-8(12)9(14)16-4/h4,6-7,10,19-23H,5,8-9,11-12,14-16H2,1-3H3;5-8,16-19H,9-13H2,1-4H3;4-7,15-18H,8-12H2,1-3H3,(H,28,29);1-4,10-11,14H,5-7H2;7-8,13H,5-6H2,1-4H3/t19-,20-,21-,22-,23-;16-,17-,18-,19-;15-,16-,17-,18-;10-,11-;7-,8+/m00001/s1. The highest BCUT2D eigenvalue weighted by atomic mass is 19.1. The van der Waals surface area contributed by atoms with E-state index >= 15 is 0 Å². The number of fused-ring (bicyclic) bond motifs is 8. The van der Waals surface area contributed by atoms with Crippen LogP contribution in [-0.2, 0) is 93.0 Å². The summed E-state index contributed by atoms with van der Waals surface area (Å²) in [6.45, 7) is 26.9. The zero-order chi connectivity index (χ0) is 96.5. The molecule has 9 amide bonds. The number of β-amino-alcohol motifs (C(OH)–C–C–N with tert-alkyl or cyclic N) is 1. The van der Waals surface area contributed by atoms with Gasteiger partial charge in [0.2, 0.25) is 29.5 Å². The summed E-state index contributed by atoms with van der Waals surface area (Å²) >= 11 is 0. The van der Waals surface area contributed by atoms with E-state index in [1.165, 1.54) is 82.4 Å². The first-order valence-electron chi connectivity index (χ1n) is 45.6. The van der Waals surface area contributed by atoms with Gasteiger partial charge in [-0.2, -0.15) is 5.26 Å². The first-order chi connectivity index (χ1) is 62.6. The van der Waals surface area contributed by atoms with E-state index < -0.39 is 101 Å². The molecule has 17 rings (SSSR count). The third-order valence-electron chi connectivity index (χ3n) is 26.3. The Kier molecular flexibility index (Phi) is 30.2. The van der Waals surface area contributed by atoms with Gasteiger partial charge in [0.1, 0.15) is 75.9 Å². The topological polar surface area (TPSA) is 375 Å². The van der Waals surface area contributed by atoms with E-state index in [2.05, 4.69) is 25.9 Å². The second kappa shape index (κ2) is 40.5. The Morgan fingerprint density at radius 3 is 1.05 bits per heavy atom. The van der Waals surface area contributed by atoms with Crippen molar-refractivity contribution in [2.45, 2.75) is 299 Å². The number of carbonyl (C=O) groups is 12. The molecule has 0 radical (unpaired) electrons. The molecular weight excluding hydrogens is 1730 g/mol. The first kappa shape index (κ1) is 99.2. The van der Waals surface area contributed by atoms with Gasteiger partial charge in [0.15, 0.2) is 0 Å². The zero-order valence-corrected chi connectivity index (χ0v) is 77.9. The Labute approximate surface area is 771 Å². The van der Waals surface area contributed by atoms with E-state index in [4.69, 9.17) is 23.7 Å². The number of aliphatic hydroxyl groups excluding tert-OH is 1. The van der Waals surface area contributed by atoms with Gasteiger partial charge in [-0.25, -0.2) is 51.1 Å². The number of carboxylic acids is 1. The van der Waals surface area contributed by atoms with Crippen LogP contribution >= 0.6 is 0 Å². The number of hydrogen-bond acceptors (Lipinski definition) is 24. The fraction of sp³-hybridized carbons (Fsp3) is 0.611. The number of nitriles is 1. The van der Waals surface area contributed by atoms with Crippen LogP contribution in [0.3, 0.4) is 0 Å². The Hall–Kier alpha value is -11.3. The van der Waals surface area contributed by atoms with Crippen molar-refractivity contribution < 1.29 is 114 Å². The van der Waals surface area contributed by atoms with E-state index in [1.807, 2.05) is 37.8 Å². The summed E-state index contributed by atoms with van der Waals surface area (Å²) in [5, 5.41) is 31.8. The number of halogens is 4. The molecule has 722 valence electrons. The number of nitrogens with one attached hydrogen (secondary N) is 1. The number of esters is 2. The zero-order valence-electron chi connectivity index (χ0n) is 77.9. The van der Waals surface area contributed by atoms with Crippen molar-refractivity contribution in [2.75, 3.05) is 73.1 Å². The summed E-state index contributed by atoms with van der Waals surface area (Å²) in [6, 6.07) is 22.7. The van der Waals surface area contributed by atoms with Crippen LogP contribution in [-0.4, -0.2) is 339 Å². The number of aliphatic carboxylic acids is 1. The molecule has 0 saturated carbocycles. The van der Waals surface area contributed by atoms with Crippen molar-refractivity contribution in [1.82, 2.24) is 64.1 Å². The molecule has 4 aromatic rings. The Balaban J connectivity index is 0.000000146. The van der Waals surface area contributed by atoms with Gasteiger partial charge in [-0.05, 0) is 212 Å². The molecule has 13 aliphatic heterocycles. The number of ether oxygens (including phenoxy) is 6. The fourth-order valence-electron chi connectivity index (χ4n) is 20.5. The molecule has 38 heteroatoms. The second-order valence-electron chi connectivity index (χ2n) is 40.4. The number of aliphatic hydroxyl groups is 1. The molecule has 133 heavy (non-hydrogen) atoms. The SMILES string of the molecule is CC(C)(C)OC(=O)N1C[C@@H](N2C[C@@H]3C[C@H]2C(=O)N3Cc2cccc(F)c2)C[C@H]1C(=O)N1CCC[C@H]1C#N.CC(C)(C)OC(=O)N1C[C@@H](N2C[C@@H]3C[C@H]2C(=O)N3Cc2cccc(F)c2)C[C@H]1C(=O)O.COC(=O)[C@@H]1C[C@@H](O)CN1C(=O)OC(C)(C)C.COC(=O)[C@@H]1C[C@H](N2C[C@@H]3C[C@H]2C(=O)N3Cc2cccc(F)c2)CN1C(=O)OC(C)(C)C.O=C1[C@@H]2C[C@@H](CN2)N1Cc1cccc(F)c1. The number of carboxylic acid groups (broad SMARTS) is 1. The van der Waals surface area contributed by atoms with Gasteiger partial charge >= 0.3 is 42.3 Å². The molecule has 17 atom stereocenters. The molecule has 13 heterocycles. The highest BCUT2D eigenvalue weighted by Crippen LogP contribution is 2.43. The molecule has 13 fully saturated rings. The van der Waals surface area contributed by atoms with Crippen LogP contribution in [0.2, 0.25) is 0 Å². The molecule has 34 nitrogen and oxygen atoms in total. The molecule has 0 aliphatic carbocycles. The van der Waals surface area contributed by atoms with Crippen molar-refractivity contribution >= 4 is 71.8 Å². The lowest BCUT2D eigenvalue weighted by Crippen LogP contribution is -2.54. The number of benzene rings is 4. The van der Waals surface area contributed by atoms with Crippen molar-refractivity contribution in [3.05, 3.63) is 143 Å². The van der Waals surface area contributed by atoms with Crippen molar-refractivity contribution in [1.29, 1.82) is 5.26 Å². The average molecular weight is 1860 g/mol. The lowest BCUT2D eigenvalue weighted by Gasteiger charge is -2.37. The summed E-state index contributed by atoms with van der Waals surface area (Å²) in [5.74, 6) is -3.38. The van der Waals surface area contributed by atoms with Crippen LogP contribution in [0.5, 0.6) is 0 Å². The van der Waals surface area contributed by atoms with Crippen molar-refractivity contribution in [3.8, 4) is 6.07 Å². The van der Waals surface area contributed by atoms with Crippen LogP contribution in [0.4, 0.5) is 36.7 Å². The van der Waals surface area contributed by atoms with Gasteiger partial charge in [0.05, 0.1) is 57.1 Å². The van der Waals surface area contributed by atoms with E-state index in [0.29, 0.717) is 103 Å². The minimum absolute atomic E-state index is 0.000350. The number of piperazine rings is 4. The predicted octanol–water partition coefficient (Wildman–Crippen LogP) is 8.17. The molecule has 0 spiro atoms. The first-order valence-corrected chi connectivity index (χ1v) is 45.6. The molecule has 0 aromatic heterocycles. The largest absolute Gasteiger partial charge is 0.480 e. The van der Waals surface area contributed by atoms with Gasteiger partial charge in [0.25, 0.3) is 0 Å². The second-order valence-corrected chi connectivity index (χ2v) is 40.4. The smallest absolute Gasteiger partial charge is 0.411 e. The average Bonchev–Trinajstić information content (AvgIpc) is 1.60. The molecule has 8 bridgehead atoms. The predicted molar refractivity (Wildman–Crippen MR) is 469 cm³/mol. The number of hydrogen-bond donors (Lipinski definition) is 3. The van der Waals surface area contributed by atoms with Crippen molar-refractivity contribution in [2.24, 2.45) is 0 Å². The molecule has 0 unspecified atom stereocenters. The maximum atomic E-state index is 13.7. The number of nitrogens with zero attached hydrogens (tertiary/aromatic N) is 13. The summed E-state index contributed by atoms with van der Waals surface area (Å²) in [5.41, 5.74) is 0.370. The van der Waals surface area contributed by atoms with Crippen LogP contribution in [0.15, 0.2) is 97.1 Å². The van der Waals surface area contributed by atoms with Gasteiger partial charge in [-0.1, -0.05) is 48.5 Å². The maximum absolute atomic E-state index is 13.7. The third-order valence-corrected chi connectivity index (χ3v) is 26.3. The number of carbonyl (C=O) groups excluding carboxylic acids is 11. The van der Waals surface area contributed by atoms with Gasteiger partial charge in [0, 0.05) is 127 Å². The Bertz CT molecular complexity index is 5060. The summed E-state index contributed by atoms with van der Waals surface area (Å²) in [4.78, 5) is 171. The summed E-state index contributed by atoms with van der Waals surface area (Å²) in [6.07, 6.45) is 2.49. The Morgan fingerprint density at radius 2 is 0.737 bits per heavy atom. The van der Waals surface area contributed by atoms with Gasteiger partial charge in [-0.15, -0.1) is 0 Å². The monoisotopic (exact) mass is 1860 g/mol. The van der Waals surface area contributed by atoms with E-state index in [9.17, 15) is 90.6 Å². The molecule has 3 N–H and O–H groups in total. The lowest BCUT2D eigenvalue weighted by atomic mass is 10.1. The highest BCUT2D eigenvalue weighted by molar-refractivity contribution is 5.90. The normalized spacial score (nSPS) is 28.1. The minimum Gasteiger partial charge on any atom is -0.480 e. The number of amides is 9. The van der Waals surface area contributed by atoms with E-state index in [-0.39, 0.29) is 146 Å². The minimum atomic E-state index is -1.07. The fourth-order valence-corrected chi connectivity index (χ4v) is 20.5. The lowest BCUT2D eigenvalue weighted by molar-refractivity contribution is -0.146. The van der Waals surface area contributed by atoms with Gasteiger partial charge < -0.3 is 68.5 Å².